The van der Waals surface area contributed by atoms with Crippen molar-refractivity contribution in [1.82, 2.24) is 0 Å². The first-order chi connectivity index (χ1) is 6.15. The van der Waals surface area contributed by atoms with E-state index < -0.39 is 0 Å². The van der Waals surface area contributed by atoms with Gasteiger partial charge in [0, 0.05) is 0 Å². The van der Waals surface area contributed by atoms with Crippen LogP contribution in [0, 0.1) is 6.92 Å². The van der Waals surface area contributed by atoms with E-state index >= 15 is 0 Å². The Hall–Kier alpha value is -0.670. The van der Waals surface area contributed by atoms with Gasteiger partial charge in [0.15, 0.2) is 5.17 Å². The third-order valence-electron chi connectivity index (χ3n) is 1.62. The maximum atomic E-state index is 5.96. The standard InChI is InChI=1S/C9H11ClN2S/c1-6-4-3-5-7(10)8(6)12-9(11)13-2/h3-5H,1-2H3,(H2,11,12). The summed E-state index contributed by atoms with van der Waals surface area (Å²) in [5, 5.41) is 1.16. The molecule has 13 heavy (non-hydrogen) atoms. The molecule has 0 aliphatic heterocycles. The summed E-state index contributed by atoms with van der Waals surface area (Å²) in [4.78, 5) is 4.20. The molecule has 0 saturated heterocycles. The molecule has 0 bridgehead atoms. The number of para-hydroxylation sites is 1. The molecule has 0 aliphatic carbocycles. The first kappa shape index (κ1) is 10.4. The Kier molecular flexibility index (Phi) is 3.63. The zero-order chi connectivity index (χ0) is 9.84. The number of rotatable bonds is 1. The van der Waals surface area contributed by atoms with Gasteiger partial charge in [0.1, 0.15) is 0 Å². The highest BCUT2D eigenvalue weighted by Crippen LogP contribution is 2.28. The molecule has 0 saturated carbocycles. The van der Waals surface area contributed by atoms with E-state index in [9.17, 15) is 0 Å². The molecule has 0 amide bonds. The van der Waals surface area contributed by atoms with Gasteiger partial charge < -0.3 is 5.73 Å². The second-order valence-corrected chi connectivity index (χ2v) is 3.79. The maximum absolute atomic E-state index is 5.96. The van der Waals surface area contributed by atoms with Crippen LogP contribution < -0.4 is 5.73 Å². The van der Waals surface area contributed by atoms with E-state index in [4.69, 9.17) is 17.3 Å². The van der Waals surface area contributed by atoms with Crippen LogP contribution in [0.2, 0.25) is 5.02 Å². The predicted octanol–water partition coefficient (Wildman–Crippen LogP) is 2.96. The third-order valence-corrected chi connectivity index (χ3v) is 2.43. The Morgan fingerprint density at radius 2 is 2.23 bits per heavy atom. The van der Waals surface area contributed by atoms with E-state index in [2.05, 4.69) is 4.99 Å². The molecule has 1 rings (SSSR count). The lowest BCUT2D eigenvalue weighted by Crippen LogP contribution is -2.04. The topological polar surface area (TPSA) is 38.4 Å². The summed E-state index contributed by atoms with van der Waals surface area (Å²) in [5.41, 5.74) is 7.39. The van der Waals surface area contributed by atoms with Gasteiger partial charge in [0.25, 0.3) is 0 Å². The Morgan fingerprint density at radius 3 is 2.77 bits per heavy atom. The number of halogens is 1. The van der Waals surface area contributed by atoms with E-state index in [1.807, 2.05) is 25.3 Å². The molecule has 70 valence electrons. The van der Waals surface area contributed by atoms with Crippen molar-refractivity contribution in [2.24, 2.45) is 10.7 Å². The smallest absolute Gasteiger partial charge is 0.158 e. The lowest BCUT2D eigenvalue weighted by Gasteiger charge is -2.02. The minimum Gasteiger partial charge on any atom is -0.378 e. The number of benzene rings is 1. The Balaban J connectivity index is 3.14. The number of amidine groups is 1. The SMILES string of the molecule is CSC(N)=Nc1c(C)cccc1Cl. The number of nitrogens with two attached hydrogens (primary N) is 1. The van der Waals surface area contributed by atoms with Crippen LogP contribution >= 0.6 is 23.4 Å². The fraction of sp³-hybridized carbons (Fsp3) is 0.222. The summed E-state index contributed by atoms with van der Waals surface area (Å²) in [5.74, 6) is 0. The molecule has 0 radical (unpaired) electrons. The maximum Gasteiger partial charge on any atom is 0.158 e. The average Bonchev–Trinajstić information content (AvgIpc) is 2.11. The van der Waals surface area contributed by atoms with Crippen LogP contribution in [0.4, 0.5) is 5.69 Å². The number of thioether (sulfide) groups is 1. The minimum absolute atomic E-state index is 0.524. The van der Waals surface area contributed by atoms with Gasteiger partial charge in [-0.25, -0.2) is 4.99 Å². The van der Waals surface area contributed by atoms with Crippen molar-refractivity contribution >= 4 is 34.2 Å². The van der Waals surface area contributed by atoms with Crippen molar-refractivity contribution in [3.8, 4) is 0 Å². The van der Waals surface area contributed by atoms with Gasteiger partial charge in [0.05, 0.1) is 10.7 Å². The molecule has 4 heteroatoms. The minimum atomic E-state index is 0.524. The van der Waals surface area contributed by atoms with Crippen molar-refractivity contribution in [3.05, 3.63) is 28.8 Å². The van der Waals surface area contributed by atoms with Crippen molar-refractivity contribution in [3.63, 3.8) is 0 Å². The largest absolute Gasteiger partial charge is 0.378 e. The van der Waals surface area contributed by atoms with Crippen LogP contribution in [0.15, 0.2) is 23.2 Å². The molecule has 0 heterocycles. The number of aryl methyl sites for hydroxylation is 1. The predicted molar refractivity (Wildman–Crippen MR) is 61.0 cm³/mol. The fourth-order valence-corrected chi connectivity index (χ4v) is 1.37. The first-order valence-electron chi connectivity index (χ1n) is 3.78. The summed E-state index contributed by atoms with van der Waals surface area (Å²) in [6, 6.07) is 5.66. The van der Waals surface area contributed by atoms with Crippen LogP contribution in [0.5, 0.6) is 0 Å². The normalized spacial score (nSPS) is 11.8. The molecule has 0 atom stereocenters. The highest BCUT2D eigenvalue weighted by atomic mass is 35.5. The van der Waals surface area contributed by atoms with E-state index in [1.165, 1.54) is 11.8 Å². The molecular formula is C9H11ClN2S. The second kappa shape index (κ2) is 4.53. The summed E-state index contributed by atoms with van der Waals surface area (Å²) >= 11 is 7.36. The molecule has 0 spiro atoms. The van der Waals surface area contributed by atoms with E-state index in [0.29, 0.717) is 10.2 Å². The zero-order valence-electron chi connectivity index (χ0n) is 7.54. The van der Waals surface area contributed by atoms with Crippen molar-refractivity contribution in [2.75, 3.05) is 6.26 Å². The lowest BCUT2D eigenvalue weighted by atomic mass is 10.2. The molecule has 1 aromatic carbocycles. The summed E-state index contributed by atoms with van der Waals surface area (Å²) < 4.78 is 0. The highest BCUT2D eigenvalue weighted by molar-refractivity contribution is 8.13. The summed E-state index contributed by atoms with van der Waals surface area (Å²) in [7, 11) is 0. The van der Waals surface area contributed by atoms with Gasteiger partial charge in [0.2, 0.25) is 0 Å². The summed E-state index contributed by atoms with van der Waals surface area (Å²) in [6.45, 7) is 1.96. The molecule has 2 N–H and O–H groups in total. The second-order valence-electron chi connectivity index (χ2n) is 2.56. The number of hydrogen-bond acceptors (Lipinski definition) is 2. The van der Waals surface area contributed by atoms with Crippen molar-refractivity contribution < 1.29 is 0 Å². The molecule has 0 fully saturated rings. The van der Waals surface area contributed by atoms with Crippen molar-refractivity contribution in [2.45, 2.75) is 6.92 Å². The van der Waals surface area contributed by atoms with Gasteiger partial charge in [-0.2, -0.15) is 0 Å². The number of nitrogens with zero attached hydrogens (tertiary/aromatic N) is 1. The van der Waals surface area contributed by atoms with E-state index in [-0.39, 0.29) is 0 Å². The zero-order valence-corrected chi connectivity index (χ0v) is 9.12. The van der Waals surface area contributed by atoms with Gasteiger partial charge >= 0.3 is 0 Å². The summed E-state index contributed by atoms with van der Waals surface area (Å²) in [6.07, 6.45) is 1.88. The Morgan fingerprint density at radius 1 is 1.54 bits per heavy atom. The van der Waals surface area contributed by atoms with Crippen LogP contribution in [0.1, 0.15) is 5.56 Å². The monoisotopic (exact) mass is 214 g/mol. The molecule has 0 unspecified atom stereocenters. The lowest BCUT2D eigenvalue weighted by molar-refractivity contribution is 1.39. The van der Waals surface area contributed by atoms with Crippen LogP contribution in [-0.2, 0) is 0 Å². The third kappa shape index (κ3) is 2.64. The Labute approximate surface area is 87.2 Å². The van der Waals surface area contributed by atoms with Gasteiger partial charge in [-0.1, -0.05) is 35.5 Å². The average molecular weight is 215 g/mol. The first-order valence-corrected chi connectivity index (χ1v) is 5.38. The molecule has 0 aromatic heterocycles. The van der Waals surface area contributed by atoms with E-state index in [1.54, 1.807) is 6.07 Å². The quantitative estimate of drug-likeness (QED) is 0.577. The fourth-order valence-electron chi connectivity index (χ4n) is 0.921. The molecule has 2 nitrogen and oxygen atoms in total. The van der Waals surface area contributed by atoms with Crippen LogP contribution in [0.3, 0.4) is 0 Å². The molecule has 1 aromatic rings. The van der Waals surface area contributed by atoms with Crippen molar-refractivity contribution in [1.29, 1.82) is 0 Å². The Bertz CT molecular complexity index is 316. The van der Waals surface area contributed by atoms with Crippen LogP contribution in [0.25, 0.3) is 0 Å². The highest BCUT2D eigenvalue weighted by Gasteiger charge is 2.01. The van der Waals surface area contributed by atoms with Gasteiger partial charge in [-0.15, -0.1) is 0 Å². The van der Waals surface area contributed by atoms with Crippen LogP contribution in [-0.4, -0.2) is 11.4 Å². The van der Waals surface area contributed by atoms with E-state index in [0.717, 1.165) is 11.3 Å². The molecular weight excluding hydrogens is 204 g/mol. The molecule has 0 aliphatic rings. The van der Waals surface area contributed by atoms with Gasteiger partial charge in [-0.05, 0) is 24.8 Å². The number of hydrogen-bond donors (Lipinski definition) is 1. The van der Waals surface area contributed by atoms with Gasteiger partial charge in [-0.3, -0.25) is 0 Å². The number of aliphatic imine (C=N–C) groups is 1.